The van der Waals surface area contributed by atoms with E-state index in [4.69, 9.17) is 16.3 Å². The van der Waals surface area contributed by atoms with E-state index in [9.17, 15) is 9.50 Å². The van der Waals surface area contributed by atoms with Crippen molar-refractivity contribution in [2.75, 3.05) is 0 Å². The molecule has 0 heterocycles. The van der Waals surface area contributed by atoms with Crippen LogP contribution in [-0.2, 0) is 6.61 Å². The Hall–Kier alpha value is -1.58. The summed E-state index contributed by atoms with van der Waals surface area (Å²) in [5.74, 6) is 0.161. The Balaban J connectivity index is 2.10. The fourth-order valence-corrected chi connectivity index (χ4v) is 1.91. The fourth-order valence-electron chi connectivity index (χ4n) is 1.66. The first-order valence-corrected chi connectivity index (χ1v) is 6.29. The van der Waals surface area contributed by atoms with E-state index in [-0.39, 0.29) is 12.4 Å². The van der Waals surface area contributed by atoms with Crippen LogP contribution in [-0.4, -0.2) is 5.11 Å². The van der Waals surface area contributed by atoms with Crippen molar-refractivity contribution in [3.05, 3.63) is 64.4 Å². The highest BCUT2D eigenvalue weighted by Gasteiger charge is 2.08. The van der Waals surface area contributed by atoms with Gasteiger partial charge >= 0.3 is 0 Å². The van der Waals surface area contributed by atoms with E-state index in [1.165, 1.54) is 6.07 Å². The smallest absolute Gasteiger partial charge is 0.138 e. The first kappa shape index (κ1) is 13.8. The molecule has 19 heavy (non-hydrogen) atoms. The Morgan fingerprint density at radius 1 is 1.26 bits per heavy atom. The molecule has 2 rings (SSSR count). The largest absolute Gasteiger partial charge is 0.487 e. The lowest BCUT2D eigenvalue weighted by atomic mass is 10.1. The zero-order valence-corrected chi connectivity index (χ0v) is 11.2. The third-order valence-corrected chi connectivity index (χ3v) is 3.07. The second-order valence-electron chi connectivity index (χ2n) is 4.25. The molecule has 0 aromatic heterocycles. The first-order valence-electron chi connectivity index (χ1n) is 5.91. The number of benzene rings is 2. The van der Waals surface area contributed by atoms with Gasteiger partial charge in [-0.3, -0.25) is 0 Å². The van der Waals surface area contributed by atoms with Crippen molar-refractivity contribution in [2.45, 2.75) is 19.6 Å². The van der Waals surface area contributed by atoms with Gasteiger partial charge in [0, 0.05) is 5.56 Å². The molecule has 0 aliphatic heterocycles. The Morgan fingerprint density at radius 2 is 2.00 bits per heavy atom. The summed E-state index contributed by atoms with van der Waals surface area (Å²) < 4.78 is 18.9. The summed E-state index contributed by atoms with van der Waals surface area (Å²) in [5, 5.41) is 9.83. The van der Waals surface area contributed by atoms with Gasteiger partial charge in [0.25, 0.3) is 0 Å². The Kier molecular flexibility index (Phi) is 4.40. The SMILES string of the molecule is C[C@H](O)c1ccc(OCc2ccccc2F)c(Cl)c1. The van der Waals surface area contributed by atoms with Crippen LogP contribution in [0.25, 0.3) is 0 Å². The van der Waals surface area contributed by atoms with Crippen LogP contribution >= 0.6 is 11.6 Å². The van der Waals surface area contributed by atoms with E-state index in [1.807, 2.05) is 0 Å². The molecule has 0 spiro atoms. The fraction of sp³-hybridized carbons (Fsp3) is 0.200. The molecule has 0 saturated heterocycles. The predicted molar refractivity (Wildman–Crippen MR) is 72.8 cm³/mol. The summed E-state index contributed by atoms with van der Waals surface area (Å²) in [4.78, 5) is 0. The molecule has 4 heteroatoms. The second-order valence-corrected chi connectivity index (χ2v) is 4.65. The summed E-state index contributed by atoms with van der Waals surface area (Å²) in [6, 6.07) is 11.5. The maximum absolute atomic E-state index is 13.4. The van der Waals surface area contributed by atoms with Crippen molar-refractivity contribution in [1.82, 2.24) is 0 Å². The molecule has 2 aromatic rings. The highest BCUT2D eigenvalue weighted by molar-refractivity contribution is 6.32. The van der Waals surface area contributed by atoms with Gasteiger partial charge in [0.15, 0.2) is 0 Å². The minimum Gasteiger partial charge on any atom is -0.487 e. The van der Waals surface area contributed by atoms with Gasteiger partial charge in [-0.15, -0.1) is 0 Å². The van der Waals surface area contributed by atoms with Gasteiger partial charge in [-0.1, -0.05) is 35.9 Å². The van der Waals surface area contributed by atoms with Gasteiger partial charge in [0.05, 0.1) is 11.1 Å². The van der Waals surface area contributed by atoms with Gasteiger partial charge in [-0.05, 0) is 30.7 Å². The minimum atomic E-state index is -0.585. The van der Waals surface area contributed by atoms with Gasteiger partial charge in [0.1, 0.15) is 18.2 Å². The molecule has 0 saturated carbocycles. The predicted octanol–water partition coefficient (Wildman–Crippen LogP) is 4.11. The van der Waals surface area contributed by atoms with Crippen molar-refractivity contribution in [3.63, 3.8) is 0 Å². The molecule has 1 N–H and O–H groups in total. The average Bonchev–Trinajstić information content (AvgIpc) is 2.39. The van der Waals surface area contributed by atoms with Crippen LogP contribution in [0.1, 0.15) is 24.2 Å². The van der Waals surface area contributed by atoms with Crippen LogP contribution in [0, 0.1) is 5.82 Å². The molecular weight excluding hydrogens is 267 g/mol. The quantitative estimate of drug-likeness (QED) is 0.913. The Labute approximate surface area is 116 Å². The van der Waals surface area contributed by atoms with Crippen molar-refractivity contribution >= 4 is 11.6 Å². The van der Waals surface area contributed by atoms with E-state index in [1.54, 1.807) is 43.3 Å². The number of ether oxygens (including phenoxy) is 1. The van der Waals surface area contributed by atoms with Crippen LogP contribution < -0.4 is 4.74 Å². The minimum absolute atomic E-state index is 0.112. The molecule has 0 aliphatic rings. The highest BCUT2D eigenvalue weighted by Crippen LogP contribution is 2.28. The van der Waals surface area contributed by atoms with E-state index < -0.39 is 6.10 Å². The summed E-state index contributed by atoms with van der Waals surface area (Å²) in [6.45, 7) is 1.77. The van der Waals surface area contributed by atoms with Gasteiger partial charge in [-0.2, -0.15) is 0 Å². The number of rotatable bonds is 4. The second kappa shape index (κ2) is 6.04. The first-order chi connectivity index (χ1) is 9.08. The zero-order valence-electron chi connectivity index (χ0n) is 10.4. The normalized spacial score (nSPS) is 12.2. The third-order valence-electron chi connectivity index (χ3n) is 2.78. The number of aliphatic hydroxyl groups is 1. The molecule has 100 valence electrons. The summed E-state index contributed by atoms with van der Waals surface area (Å²) in [5.41, 5.74) is 1.18. The molecule has 0 unspecified atom stereocenters. The maximum atomic E-state index is 13.4. The molecule has 0 aliphatic carbocycles. The lowest BCUT2D eigenvalue weighted by Crippen LogP contribution is -1.99. The van der Waals surface area contributed by atoms with Crippen LogP contribution in [0.5, 0.6) is 5.75 Å². The lowest BCUT2D eigenvalue weighted by Gasteiger charge is -2.11. The van der Waals surface area contributed by atoms with Crippen LogP contribution in [0.4, 0.5) is 4.39 Å². The van der Waals surface area contributed by atoms with E-state index in [2.05, 4.69) is 0 Å². The van der Waals surface area contributed by atoms with Crippen LogP contribution in [0.2, 0.25) is 5.02 Å². The molecule has 0 amide bonds. The van der Waals surface area contributed by atoms with Gasteiger partial charge < -0.3 is 9.84 Å². The standard InChI is InChI=1S/C15H14ClFO2/c1-10(18)11-6-7-15(13(16)8-11)19-9-12-4-2-3-5-14(12)17/h2-8,10,18H,9H2,1H3/t10-/m0/s1. The topological polar surface area (TPSA) is 29.5 Å². The molecular formula is C15H14ClFO2. The van der Waals surface area contributed by atoms with E-state index >= 15 is 0 Å². The molecule has 0 fully saturated rings. The summed E-state index contributed by atoms with van der Waals surface area (Å²) >= 11 is 6.05. The molecule has 1 atom stereocenters. The van der Waals surface area contributed by atoms with E-state index in [0.29, 0.717) is 21.9 Å². The Bertz CT molecular complexity index is 570. The monoisotopic (exact) mass is 280 g/mol. The highest BCUT2D eigenvalue weighted by atomic mass is 35.5. The summed E-state index contributed by atoms with van der Waals surface area (Å²) in [7, 11) is 0. The number of hydrogen-bond acceptors (Lipinski definition) is 2. The number of halogens is 2. The number of aliphatic hydroxyl groups excluding tert-OH is 1. The number of hydrogen-bond donors (Lipinski definition) is 1. The van der Waals surface area contributed by atoms with E-state index in [0.717, 1.165) is 0 Å². The third kappa shape index (κ3) is 3.46. The maximum Gasteiger partial charge on any atom is 0.138 e. The Morgan fingerprint density at radius 3 is 2.63 bits per heavy atom. The zero-order chi connectivity index (χ0) is 13.8. The molecule has 2 aromatic carbocycles. The average molecular weight is 281 g/mol. The van der Waals surface area contributed by atoms with Gasteiger partial charge in [0.2, 0.25) is 0 Å². The van der Waals surface area contributed by atoms with Crippen molar-refractivity contribution in [2.24, 2.45) is 0 Å². The van der Waals surface area contributed by atoms with Crippen molar-refractivity contribution < 1.29 is 14.2 Å². The summed E-state index contributed by atoms with van der Waals surface area (Å²) in [6.07, 6.45) is -0.585. The lowest BCUT2D eigenvalue weighted by molar-refractivity contribution is 0.199. The molecule has 2 nitrogen and oxygen atoms in total. The molecule has 0 radical (unpaired) electrons. The molecule has 0 bridgehead atoms. The van der Waals surface area contributed by atoms with Crippen molar-refractivity contribution in [3.8, 4) is 5.75 Å². The van der Waals surface area contributed by atoms with Crippen LogP contribution in [0.3, 0.4) is 0 Å². The van der Waals surface area contributed by atoms with Gasteiger partial charge in [-0.25, -0.2) is 4.39 Å². The van der Waals surface area contributed by atoms with Crippen molar-refractivity contribution in [1.29, 1.82) is 0 Å². The van der Waals surface area contributed by atoms with Crippen LogP contribution in [0.15, 0.2) is 42.5 Å².